The molecule has 0 spiro atoms. The first-order valence-electron chi connectivity index (χ1n) is 9.69. The van der Waals surface area contributed by atoms with Crippen molar-refractivity contribution in [2.24, 2.45) is 5.41 Å². The van der Waals surface area contributed by atoms with E-state index in [9.17, 15) is 9.59 Å². The maximum atomic E-state index is 11.5. The SMILES string of the molecule is CC1(COc2ccc(CC3OC(=O)NC3=O)cc2)CCCC1.CCCC. The Labute approximate surface area is 156 Å². The van der Waals surface area contributed by atoms with Crippen LogP contribution in [-0.2, 0) is 16.0 Å². The molecule has 1 N–H and O–H groups in total. The molecule has 2 aliphatic rings. The second kappa shape index (κ2) is 9.60. The maximum absolute atomic E-state index is 11.5. The number of hydrogen-bond acceptors (Lipinski definition) is 4. The van der Waals surface area contributed by atoms with Crippen molar-refractivity contribution in [2.75, 3.05) is 6.61 Å². The van der Waals surface area contributed by atoms with Crippen LogP contribution in [0.4, 0.5) is 4.79 Å². The van der Waals surface area contributed by atoms with E-state index in [4.69, 9.17) is 9.47 Å². The lowest BCUT2D eigenvalue weighted by atomic mass is 9.90. The summed E-state index contributed by atoms with van der Waals surface area (Å²) in [6, 6.07) is 7.63. The van der Waals surface area contributed by atoms with Gasteiger partial charge in [0.1, 0.15) is 5.75 Å². The Morgan fingerprint density at radius 3 is 2.23 bits per heavy atom. The van der Waals surface area contributed by atoms with Gasteiger partial charge in [-0.1, -0.05) is 58.6 Å². The number of rotatable bonds is 6. The average molecular weight is 361 g/mol. The molecule has 1 saturated carbocycles. The van der Waals surface area contributed by atoms with Crippen LogP contribution in [0.5, 0.6) is 5.75 Å². The Morgan fingerprint density at radius 2 is 1.73 bits per heavy atom. The molecule has 26 heavy (non-hydrogen) atoms. The number of unbranched alkanes of at least 4 members (excludes halogenated alkanes) is 1. The minimum atomic E-state index is -0.725. The highest BCUT2D eigenvalue weighted by Gasteiger charge is 2.32. The highest BCUT2D eigenvalue weighted by molar-refractivity contribution is 6.00. The molecule has 1 saturated heterocycles. The van der Waals surface area contributed by atoms with Crippen molar-refractivity contribution in [1.82, 2.24) is 5.32 Å². The van der Waals surface area contributed by atoms with Gasteiger partial charge in [-0.05, 0) is 30.5 Å². The normalized spacial score (nSPS) is 20.8. The zero-order valence-electron chi connectivity index (χ0n) is 16.2. The van der Waals surface area contributed by atoms with Gasteiger partial charge < -0.3 is 9.47 Å². The lowest BCUT2D eigenvalue weighted by Crippen LogP contribution is -2.25. The third kappa shape index (κ3) is 6.04. The third-order valence-electron chi connectivity index (χ3n) is 5.01. The minimum absolute atomic E-state index is 0.300. The molecule has 0 bridgehead atoms. The summed E-state index contributed by atoms with van der Waals surface area (Å²) in [5, 5.41) is 2.13. The van der Waals surface area contributed by atoms with Crippen molar-refractivity contribution >= 4 is 12.0 Å². The summed E-state index contributed by atoms with van der Waals surface area (Å²) in [6.07, 6.45) is 6.68. The van der Waals surface area contributed by atoms with E-state index < -0.39 is 12.2 Å². The van der Waals surface area contributed by atoms with Crippen molar-refractivity contribution in [2.45, 2.75) is 71.8 Å². The zero-order chi connectivity index (χ0) is 19.0. The first-order valence-corrected chi connectivity index (χ1v) is 9.69. The molecule has 1 aromatic rings. The molecule has 1 aliphatic heterocycles. The summed E-state index contributed by atoms with van der Waals surface area (Å²) in [4.78, 5) is 22.4. The van der Waals surface area contributed by atoms with Gasteiger partial charge >= 0.3 is 6.09 Å². The number of cyclic esters (lactones) is 1. The molecule has 5 nitrogen and oxygen atoms in total. The van der Waals surface area contributed by atoms with Crippen LogP contribution in [-0.4, -0.2) is 24.7 Å². The number of ether oxygens (including phenoxy) is 2. The van der Waals surface area contributed by atoms with Gasteiger partial charge in [-0.15, -0.1) is 0 Å². The quantitative estimate of drug-likeness (QED) is 0.802. The highest BCUT2D eigenvalue weighted by Crippen LogP contribution is 2.37. The number of carbonyl (C=O) groups excluding carboxylic acids is 2. The number of hydrogen-bond donors (Lipinski definition) is 1. The van der Waals surface area contributed by atoms with Crippen LogP contribution >= 0.6 is 0 Å². The van der Waals surface area contributed by atoms with E-state index >= 15 is 0 Å². The fourth-order valence-corrected chi connectivity index (χ4v) is 3.09. The maximum Gasteiger partial charge on any atom is 0.414 e. The largest absolute Gasteiger partial charge is 0.493 e. The molecular weight excluding hydrogens is 330 g/mol. The lowest BCUT2D eigenvalue weighted by Gasteiger charge is -2.23. The Balaban J connectivity index is 0.000000552. The van der Waals surface area contributed by atoms with Gasteiger partial charge in [0.25, 0.3) is 5.91 Å². The van der Waals surface area contributed by atoms with Crippen LogP contribution < -0.4 is 10.1 Å². The zero-order valence-corrected chi connectivity index (χ0v) is 16.2. The van der Waals surface area contributed by atoms with Gasteiger partial charge in [0, 0.05) is 11.8 Å². The number of carbonyl (C=O) groups is 2. The summed E-state index contributed by atoms with van der Waals surface area (Å²) in [5.74, 6) is 0.462. The van der Waals surface area contributed by atoms with Crippen LogP contribution in [0.15, 0.2) is 24.3 Å². The number of imide groups is 1. The molecule has 0 radical (unpaired) electrons. The van der Waals surface area contributed by atoms with Crippen molar-refractivity contribution in [3.63, 3.8) is 0 Å². The molecule has 1 unspecified atom stereocenters. The van der Waals surface area contributed by atoms with Gasteiger partial charge in [0.2, 0.25) is 0 Å². The topological polar surface area (TPSA) is 64.6 Å². The molecule has 144 valence electrons. The molecule has 5 heteroatoms. The molecule has 1 atom stereocenters. The number of alkyl carbamates (subject to hydrolysis) is 1. The van der Waals surface area contributed by atoms with E-state index in [-0.39, 0.29) is 5.91 Å². The van der Waals surface area contributed by atoms with E-state index in [1.165, 1.54) is 38.5 Å². The summed E-state index contributed by atoms with van der Waals surface area (Å²) in [6.45, 7) is 7.39. The predicted octanol–water partition coefficient (Wildman–Crippen LogP) is 4.63. The first-order chi connectivity index (χ1) is 12.5. The summed E-state index contributed by atoms with van der Waals surface area (Å²) < 4.78 is 10.8. The van der Waals surface area contributed by atoms with Gasteiger partial charge in [-0.3, -0.25) is 10.1 Å². The van der Waals surface area contributed by atoms with Crippen LogP contribution in [0.25, 0.3) is 0 Å². The van der Waals surface area contributed by atoms with Crippen molar-refractivity contribution < 1.29 is 19.1 Å². The molecule has 3 rings (SSSR count). The lowest BCUT2D eigenvalue weighted by molar-refractivity contribution is -0.123. The molecular formula is C21H31NO4. The van der Waals surface area contributed by atoms with Crippen LogP contribution in [0.1, 0.15) is 64.9 Å². The van der Waals surface area contributed by atoms with Gasteiger partial charge in [0.15, 0.2) is 6.10 Å². The highest BCUT2D eigenvalue weighted by atomic mass is 16.6. The van der Waals surface area contributed by atoms with E-state index in [2.05, 4.69) is 26.1 Å². The van der Waals surface area contributed by atoms with Crippen LogP contribution in [0, 0.1) is 5.41 Å². The second-order valence-corrected chi connectivity index (χ2v) is 7.54. The summed E-state index contributed by atoms with van der Waals surface area (Å²) in [7, 11) is 0. The molecule has 1 aliphatic carbocycles. The second-order valence-electron chi connectivity index (χ2n) is 7.54. The van der Waals surface area contributed by atoms with Crippen LogP contribution in [0.2, 0.25) is 0 Å². The Morgan fingerprint density at radius 1 is 1.12 bits per heavy atom. The molecule has 2 fully saturated rings. The molecule has 0 aromatic heterocycles. The van der Waals surface area contributed by atoms with E-state index in [0.717, 1.165) is 17.9 Å². The molecule has 1 heterocycles. The van der Waals surface area contributed by atoms with E-state index in [1.54, 1.807) is 0 Å². The number of benzene rings is 1. The number of amides is 2. The fraction of sp³-hybridized carbons (Fsp3) is 0.619. The monoisotopic (exact) mass is 361 g/mol. The predicted molar refractivity (Wildman–Crippen MR) is 101 cm³/mol. The van der Waals surface area contributed by atoms with Crippen LogP contribution in [0.3, 0.4) is 0 Å². The molecule has 1 aromatic carbocycles. The van der Waals surface area contributed by atoms with Gasteiger partial charge in [-0.2, -0.15) is 0 Å². The van der Waals surface area contributed by atoms with E-state index in [0.29, 0.717) is 11.8 Å². The summed E-state index contributed by atoms with van der Waals surface area (Å²) in [5.41, 5.74) is 1.24. The summed E-state index contributed by atoms with van der Waals surface area (Å²) >= 11 is 0. The standard InChI is InChI=1S/C17H21NO4.C4H10/c1-17(8-2-3-9-17)11-21-13-6-4-12(5-7-13)10-14-15(19)18-16(20)22-14;1-3-4-2/h4-7,14H,2-3,8-11H2,1H3,(H,18,19,20);3-4H2,1-2H3. The number of nitrogens with one attached hydrogen (secondary N) is 1. The van der Waals surface area contributed by atoms with Gasteiger partial charge in [0.05, 0.1) is 6.61 Å². The Kier molecular flexibility index (Phi) is 7.49. The minimum Gasteiger partial charge on any atom is -0.493 e. The fourth-order valence-electron chi connectivity index (χ4n) is 3.09. The first kappa shape index (κ1) is 20.3. The van der Waals surface area contributed by atoms with Crippen molar-refractivity contribution in [3.05, 3.63) is 29.8 Å². The van der Waals surface area contributed by atoms with E-state index in [1.807, 2.05) is 24.3 Å². The smallest absolute Gasteiger partial charge is 0.414 e. The van der Waals surface area contributed by atoms with Gasteiger partial charge in [-0.25, -0.2) is 4.79 Å². The molecule has 2 amide bonds. The van der Waals surface area contributed by atoms with Crippen molar-refractivity contribution in [1.29, 1.82) is 0 Å². The Hall–Kier alpha value is -2.04. The van der Waals surface area contributed by atoms with Crippen molar-refractivity contribution in [3.8, 4) is 5.75 Å². The third-order valence-corrected chi connectivity index (χ3v) is 5.01. The Bertz CT molecular complexity index is 589. The average Bonchev–Trinajstić information content (AvgIpc) is 3.20.